The molecule has 0 spiro atoms. The van der Waals surface area contributed by atoms with E-state index < -0.39 is 5.97 Å². The number of halogens is 2. The van der Waals surface area contributed by atoms with Gasteiger partial charge in [-0.05, 0) is 92.9 Å². The molecule has 1 saturated carbocycles. The van der Waals surface area contributed by atoms with E-state index >= 15 is 0 Å². The average Bonchev–Trinajstić information content (AvgIpc) is 3.82. The van der Waals surface area contributed by atoms with Crippen molar-refractivity contribution in [3.63, 3.8) is 0 Å². The number of ether oxygens (including phenoxy) is 2. The molecule has 1 amide bonds. The normalized spacial score (nSPS) is 18.3. The van der Waals surface area contributed by atoms with Crippen molar-refractivity contribution in [1.29, 1.82) is 0 Å². The SMILES string of the molecule is CCOc1cc(Cn2ncc3c(-c4cccc(-c5ccc(CNC[C@@H]6CCC(=O)N6)c(OC)c5)c4Cl)cccc32)c(Cl)cc1CN(C)CC1CCC(C(=O)O)CC1. The molecule has 2 heterocycles. The van der Waals surface area contributed by atoms with Gasteiger partial charge in [-0.25, -0.2) is 0 Å². The fourth-order valence-electron chi connectivity index (χ4n) is 8.42. The number of hydrogen-bond acceptors (Lipinski definition) is 7. The van der Waals surface area contributed by atoms with E-state index in [1.54, 1.807) is 7.11 Å². The molecule has 2 fully saturated rings. The fourth-order valence-corrected chi connectivity index (χ4v) is 9.00. The number of benzene rings is 4. The van der Waals surface area contributed by atoms with Crippen molar-refractivity contribution in [1.82, 2.24) is 25.3 Å². The molecule has 0 bridgehead atoms. The van der Waals surface area contributed by atoms with Crippen LogP contribution in [0.3, 0.4) is 0 Å². The van der Waals surface area contributed by atoms with Crippen molar-refractivity contribution in [2.75, 3.05) is 33.9 Å². The van der Waals surface area contributed by atoms with Crippen molar-refractivity contribution in [3.05, 3.63) is 99.7 Å². The predicted molar refractivity (Wildman–Crippen MR) is 226 cm³/mol. The maximum Gasteiger partial charge on any atom is 0.306 e. The Morgan fingerprint density at radius 2 is 1.74 bits per heavy atom. The first-order valence-electron chi connectivity index (χ1n) is 19.9. The first kappa shape index (κ1) is 40.6. The second-order valence-electron chi connectivity index (χ2n) is 15.4. The summed E-state index contributed by atoms with van der Waals surface area (Å²) in [6, 6.07) is 22.6. The summed E-state index contributed by atoms with van der Waals surface area (Å²) in [6.07, 6.45) is 6.68. The highest BCUT2D eigenvalue weighted by Crippen LogP contribution is 2.41. The summed E-state index contributed by atoms with van der Waals surface area (Å²) in [7, 11) is 3.78. The third-order valence-corrected chi connectivity index (χ3v) is 12.2. The maximum atomic E-state index is 11.6. The molecule has 57 heavy (non-hydrogen) atoms. The molecular formula is C45H51Cl2N5O5. The molecule has 12 heteroatoms. The van der Waals surface area contributed by atoms with Crippen molar-refractivity contribution >= 4 is 46.0 Å². The highest BCUT2D eigenvalue weighted by Gasteiger charge is 2.27. The van der Waals surface area contributed by atoms with Crippen molar-refractivity contribution in [3.8, 4) is 33.8 Å². The number of aliphatic carboxylic acids is 1. The van der Waals surface area contributed by atoms with Gasteiger partial charge in [-0.15, -0.1) is 0 Å². The minimum Gasteiger partial charge on any atom is -0.496 e. The van der Waals surface area contributed by atoms with Gasteiger partial charge >= 0.3 is 5.97 Å². The zero-order valence-electron chi connectivity index (χ0n) is 32.8. The van der Waals surface area contributed by atoms with Gasteiger partial charge in [-0.3, -0.25) is 14.3 Å². The number of fused-ring (bicyclic) bond motifs is 1. The number of rotatable bonds is 16. The van der Waals surface area contributed by atoms with Crippen molar-refractivity contribution < 1.29 is 24.2 Å². The van der Waals surface area contributed by atoms with Gasteiger partial charge in [0.05, 0.1) is 42.9 Å². The molecule has 5 aromatic rings. The number of aromatic nitrogens is 2. The Labute approximate surface area is 344 Å². The summed E-state index contributed by atoms with van der Waals surface area (Å²) in [5.41, 5.74) is 7.65. The fraction of sp³-hybridized carbons (Fsp3) is 0.400. The van der Waals surface area contributed by atoms with Crippen LogP contribution in [0.4, 0.5) is 0 Å². The van der Waals surface area contributed by atoms with Gasteiger partial charge in [0.25, 0.3) is 0 Å². The zero-order valence-corrected chi connectivity index (χ0v) is 34.3. The molecule has 1 aromatic heterocycles. The standard InChI is InChI=1S/C45H51Cl2N5O5/c1-4-57-42-21-32(39(46)19-33(42)26-51(2)25-28-11-13-29(14-12-28)45(54)55)27-52-40-10-6-8-36(38(40)24-49-52)37-9-5-7-35(44(37)47)30-15-16-31(41(20-30)56-3)22-48-23-34-17-18-43(53)50-34/h5-10,15-16,19-21,24,28-29,34,48H,4,11-14,17-18,22-23,25-27H2,1-3H3,(H,50,53)(H,54,55)/t28?,29?,34-/m0/s1. The van der Waals surface area contributed by atoms with Gasteiger partial charge < -0.3 is 30.1 Å². The number of nitrogens with one attached hydrogen (secondary N) is 2. The van der Waals surface area contributed by atoms with Crippen LogP contribution < -0.4 is 20.1 Å². The summed E-state index contributed by atoms with van der Waals surface area (Å²) in [5, 5.41) is 22.9. The summed E-state index contributed by atoms with van der Waals surface area (Å²) in [6.45, 7) is 5.87. The van der Waals surface area contributed by atoms with Crippen LogP contribution >= 0.6 is 23.2 Å². The lowest BCUT2D eigenvalue weighted by molar-refractivity contribution is -0.143. The Morgan fingerprint density at radius 3 is 2.47 bits per heavy atom. The summed E-state index contributed by atoms with van der Waals surface area (Å²) >= 11 is 14.2. The molecular weight excluding hydrogens is 761 g/mol. The zero-order chi connectivity index (χ0) is 40.1. The lowest BCUT2D eigenvalue weighted by Crippen LogP contribution is -2.35. The van der Waals surface area contributed by atoms with Gasteiger partial charge in [0.1, 0.15) is 11.5 Å². The number of carbonyl (C=O) groups excluding carboxylic acids is 1. The highest BCUT2D eigenvalue weighted by atomic mass is 35.5. The van der Waals surface area contributed by atoms with Crippen LogP contribution in [-0.4, -0.2) is 71.6 Å². The first-order chi connectivity index (χ1) is 27.6. The smallest absolute Gasteiger partial charge is 0.306 e. The minimum absolute atomic E-state index is 0.114. The third-order valence-electron chi connectivity index (χ3n) is 11.4. The van der Waals surface area contributed by atoms with E-state index in [1.807, 2.05) is 60.3 Å². The van der Waals surface area contributed by atoms with E-state index in [9.17, 15) is 14.7 Å². The number of hydrogen-bond donors (Lipinski definition) is 3. The van der Waals surface area contributed by atoms with Crippen LogP contribution in [-0.2, 0) is 29.2 Å². The van der Waals surface area contributed by atoms with E-state index in [-0.39, 0.29) is 17.9 Å². The number of nitrogens with zero attached hydrogens (tertiary/aromatic N) is 3. The molecule has 1 aliphatic heterocycles. The van der Waals surface area contributed by atoms with E-state index in [1.165, 1.54) is 0 Å². The number of amides is 1. The van der Waals surface area contributed by atoms with Gasteiger partial charge in [-0.2, -0.15) is 5.10 Å². The number of methoxy groups -OCH3 is 1. The molecule has 0 unspecified atom stereocenters. The molecule has 1 aliphatic carbocycles. The van der Waals surface area contributed by atoms with Crippen LogP contribution in [0.25, 0.3) is 33.2 Å². The van der Waals surface area contributed by atoms with E-state index in [2.05, 4.69) is 46.8 Å². The molecule has 0 radical (unpaired) electrons. The molecule has 3 N–H and O–H groups in total. The molecule has 7 rings (SSSR count). The molecule has 300 valence electrons. The predicted octanol–water partition coefficient (Wildman–Crippen LogP) is 8.82. The van der Waals surface area contributed by atoms with Crippen LogP contribution in [0.1, 0.15) is 62.1 Å². The van der Waals surface area contributed by atoms with Crippen LogP contribution in [0, 0.1) is 11.8 Å². The highest BCUT2D eigenvalue weighted by molar-refractivity contribution is 6.36. The molecule has 1 saturated heterocycles. The van der Waals surface area contributed by atoms with Crippen molar-refractivity contribution in [2.24, 2.45) is 11.8 Å². The van der Waals surface area contributed by atoms with Gasteiger partial charge in [-0.1, -0.05) is 65.7 Å². The second-order valence-corrected chi connectivity index (χ2v) is 16.2. The summed E-state index contributed by atoms with van der Waals surface area (Å²) < 4.78 is 13.9. The Morgan fingerprint density at radius 1 is 0.965 bits per heavy atom. The van der Waals surface area contributed by atoms with Crippen LogP contribution in [0.5, 0.6) is 11.5 Å². The summed E-state index contributed by atoms with van der Waals surface area (Å²) in [5.74, 6) is 1.28. The molecule has 2 aliphatic rings. The van der Waals surface area contributed by atoms with Gasteiger partial charge in [0.2, 0.25) is 5.91 Å². The first-order valence-corrected chi connectivity index (χ1v) is 20.6. The maximum absolute atomic E-state index is 11.6. The largest absolute Gasteiger partial charge is 0.496 e. The van der Waals surface area contributed by atoms with E-state index in [0.29, 0.717) is 55.2 Å². The second kappa shape index (κ2) is 18.3. The molecule has 1 atom stereocenters. The summed E-state index contributed by atoms with van der Waals surface area (Å²) in [4.78, 5) is 25.3. The number of carboxylic acid groups (broad SMARTS) is 1. The Bertz CT molecular complexity index is 2230. The Hall–Kier alpha value is -4.61. The lowest BCUT2D eigenvalue weighted by atomic mass is 9.82. The van der Waals surface area contributed by atoms with E-state index in [0.717, 1.165) is 100.0 Å². The molecule has 4 aromatic carbocycles. The Kier molecular flexibility index (Phi) is 13.0. The van der Waals surface area contributed by atoms with Gasteiger partial charge in [0, 0.05) is 71.3 Å². The third kappa shape index (κ3) is 9.41. The quantitative estimate of drug-likeness (QED) is 0.0906. The van der Waals surface area contributed by atoms with Gasteiger partial charge in [0.15, 0.2) is 0 Å². The molecule has 10 nitrogen and oxygen atoms in total. The van der Waals surface area contributed by atoms with E-state index in [4.69, 9.17) is 37.8 Å². The minimum atomic E-state index is -0.672. The van der Waals surface area contributed by atoms with Crippen LogP contribution in [0.2, 0.25) is 10.0 Å². The number of carbonyl (C=O) groups is 2. The lowest BCUT2D eigenvalue weighted by Gasteiger charge is -2.30. The number of carboxylic acids is 1. The van der Waals surface area contributed by atoms with Crippen molar-refractivity contribution in [2.45, 2.75) is 71.1 Å². The Balaban J connectivity index is 1.08. The monoisotopic (exact) mass is 811 g/mol. The topological polar surface area (TPSA) is 118 Å². The van der Waals surface area contributed by atoms with Crippen LogP contribution in [0.15, 0.2) is 72.9 Å². The average molecular weight is 813 g/mol.